The van der Waals surface area contributed by atoms with Crippen LogP contribution in [-0.4, -0.2) is 30.8 Å². The molecule has 7 nitrogen and oxygen atoms in total. The molecule has 1 unspecified atom stereocenters. The van der Waals surface area contributed by atoms with Crippen LogP contribution < -0.4 is 20.5 Å². The predicted molar refractivity (Wildman–Crippen MR) is 104 cm³/mol. The molecule has 1 aliphatic rings. The van der Waals surface area contributed by atoms with Gasteiger partial charge in [-0.1, -0.05) is 29.8 Å². The molecule has 0 spiro atoms. The molecule has 0 aromatic heterocycles. The van der Waals surface area contributed by atoms with Gasteiger partial charge in [-0.2, -0.15) is 8.78 Å². The van der Waals surface area contributed by atoms with Crippen LogP contribution in [0.1, 0.15) is 24.1 Å². The van der Waals surface area contributed by atoms with E-state index >= 15 is 0 Å². The van der Waals surface area contributed by atoms with Crippen molar-refractivity contribution in [2.45, 2.75) is 26.5 Å². The van der Waals surface area contributed by atoms with E-state index in [9.17, 15) is 18.4 Å². The number of carbonyl (C=O) groups is 2. The number of amides is 2. The molecular weight excluding hydrogens is 382 g/mol. The minimum Gasteiger partial charge on any atom is -0.435 e. The number of anilines is 1. The van der Waals surface area contributed by atoms with Crippen LogP contribution in [0.4, 0.5) is 14.5 Å². The maximum Gasteiger partial charge on any atom is 0.387 e. The van der Waals surface area contributed by atoms with Gasteiger partial charge in [-0.05, 0) is 43.7 Å². The molecular formula is C20H20F2N4O3. The highest BCUT2D eigenvalue weighted by Crippen LogP contribution is 2.21. The second-order valence-electron chi connectivity index (χ2n) is 6.49. The first-order chi connectivity index (χ1) is 13.8. The quantitative estimate of drug-likeness (QED) is 0.778. The number of hydrogen-bond acceptors (Lipinski definition) is 5. The molecule has 0 saturated carbocycles. The number of rotatable bonds is 6. The lowest BCUT2D eigenvalue weighted by atomic mass is 10.1. The molecule has 1 aliphatic heterocycles. The SMILES string of the molecule is Cc1ccc(N2NC(C(=O)NC(C)c3cccc(OC(F)F)c3)=NCC2=O)cc1. The number of aliphatic imine (C=N–C) groups is 1. The average Bonchev–Trinajstić information content (AvgIpc) is 2.68. The fourth-order valence-corrected chi connectivity index (χ4v) is 2.75. The molecule has 29 heavy (non-hydrogen) atoms. The summed E-state index contributed by atoms with van der Waals surface area (Å²) < 4.78 is 29.2. The lowest BCUT2D eigenvalue weighted by Gasteiger charge is -2.28. The molecule has 0 aliphatic carbocycles. The summed E-state index contributed by atoms with van der Waals surface area (Å²) in [5, 5.41) is 4.00. The maximum atomic E-state index is 12.6. The normalized spacial score (nSPS) is 14.9. The minimum absolute atomic E-state index is 0.00266. The van der Waals surface area contributed by atoms with Crippen LogP contribution in [0.2, 0.25) is 0 Å². The van der Waals surface area contributed by atoms with Crippen LogP contribution in [0.15, 0.2) is 53.5 Å². The van der Waals surface area contributed by atoms with Crippen molar-refractivity contribution in [2.24, 2.45) is 4.99 Å². The van der Waals surface area contributed by atoms with Crippen LogP contribution in [0.5, 0.6) is 5.75 Å². The van der Waals surface area contributed by atoms with Crippen molar-refractivity contribution in [1.82, 2.24) is 10.7 Å². The van der Waals surface area contributed by atoms with Crippen molar-refractivity contribution < 1.29 is 23.1 Å². The molecule has 2 N–H and O–H groups in total. The highest BCUT2D eigenvalue weighted by atomic mass is 19.3. The van der Waals surface area contributed by atoms with Gasteiger partial charge in [-0.25, -0.2) is 5.01 Å². The topological polar surface area (TPSA) is 83.0 Å². The number of amidine groups is 1. The Labute approximate surface area is 166 Å². The van der Waals surface area contributed by atoms with Crippen LogP contribution in [0.3, 0.4) is 0 Å². The van der Waals surface area contributed by atoms with Crippen LogP contribution in [0.25, 0.3) is 0 Å². The summed E-state index contributed by atoms with van der Waals surface area (Å²) in [6.07, 6.45) is 0. The van der Waals surface area contributed by atoms with E-state index in [4.69, 9.17) is 0 Å². The van der Waals surface area contributed by atoms with Gasteiger partial charge in [0.2, 0.25) is 5.84 Å². The molecule has 0 bridgehead atoms. The number of alkyl halides is 2. The zero-order valence-electron chi connectivity index (χ0n) is 15.9. The molecule has 3 rings (SSSR count). The van der Waals surface area contributed by atoms with Gasteiger partial charge in [-0.3, -0.25) is 20.0 Å². The highest BCUT2D eigenvalue weighted by molar-refractivity contribution is 6.39. The number of aryl methyl sites for hydroxylation is 1. The molecule has 0 saturated heterocycles. The number of nitrogens with one attached hydrogen (secondary N) is 2. The minimum atomic E-state index is -2.93. The van der Waals surface area contributed by atoms with Gasteiger partial charge in [0.15, 0.2) is 0 Å². The highest BCUT2D eigenvalue weighted by Gasteiger charge is 2.26. The Bertz CT molecular complexity index is 932. The van der Waals surface area contributed by atoms with E-state index in [0.717, 1.165) is 5.56 Å². The van der Waals surface area contributed by atoms with E-state index < -0.39 is 18.6 Å². The third-order valence-electron chi connectivity index (χ3n) is 4.28. The monoisotopic (exact) mass is 402 g/mol. The van der Waals surface area contributed by atoms with Crippen LogP contribution in [0, 0.1) is 6.92 Å². The molecule has 2 amide bonds. The zero-order valence-corrected chi connectivity index (χ0v) is 15.9. The summed E-state index contributed by atoms with van der Waals surface area (Å²) in [5.74, 6) is -0.836. The first kappa shape index (κ1) is 20.2. The molecule has 0 radical (unpaired) electrons. The van der Waals surface area contributed by atoms with Gasteiger partial charge in [0, 0.05) is 0 Å². The summed E-state index contributed by atoms with van der Waals surface area (Å²) in [5.41, 5.74) is 4.94. The molecule has 2 aromatic carbocycles. The van der Waals surface area contributed by atoms with E-state index in [0.29, 0.717) is 11.3 Å². The van der Waals surface area contributed by atoms with Gasteiger partial charge in [0.25, 0.3) is 11.8 Å². The molecule has 1 atom stereocenters. The molecule has 2 aromatic rings. The fraction of sp³-hybridized carbons (Fsp3) is 0.250. The van der Waals surface area contributed by atoms with E-state index in [-0.39, 0.29) is 24.0 Å². The summed E-state index contributed by atoms with van der Waals surface area (Å²) in [4.78, 5) is 28.7. The molecule has 9 heteroatoms. The van der Waals surface area contributed by atoms with Crippen molar-refractivity contribution in [3.8, 4) is 5.75 Å². The second-order valence-corrected chi connectivity index (χ2v) is 6.49. The number of ether oxygens (including phenoxy) is 1. The average molecular weight is 402 g/mol. The summed E-state index contributed by atoms with van der Waals surface area (Å²) in [6, 6.07) is 12.8. The van der Waals surface area contributed by atoms with E-state index in [1.165, 1.54) is 17.1 Å². The van der Waals surface area contributed by atoms with Crippen molar-refractivity contribution in [3.05, 3.63) is 59.7 Å². The largest absolute Gasteiger partial charge is 0.435 e. The summed E-state index contributed by atoms with van der Waals surface area (Å²) in [6.45, 7) is 0.529. The summed E-state index contributed by atoms with van der Waals surface area (Å²) in [7, 11) is 0. The Balaban J connectivity index is 1.68. The third kappa shape index (κ3) is 5.07. The Hall–Kier alpha value is -3.49. The molecule has 1 heterocycles. The van der Waals surface area contributed by atoms with Crippen molar-refractivity contribution in [2.75, 3.05) is 11.6 Å². The Morgan fingerprint density at radius 3 is 2.66 bits per heavy atom. The Kier molecular flexibility index (Phi) is 6.06. The number of benzene rings is 2. The van der Waals surface area contributed by atoms with Gasteiger partial charge < -0.3 is 10.1 Å². The fourth-order valence-electron chi connectivity index (χ4n) is 2.75. The van der Waals surface area contributed by atoms with Crippen LogP contribution >= 0.6 is 0 Å². The second kappa shape index (κ2) is 8.68. The summed E-state index contributed by atoms with van der Waals surface area (Å²) >= 11 is 0. The van der Waals surface area contributed by atoms with E-state index in [2.05, 4.69) is 20.5 Å². The van der Waals surface area contributed by atoms with Gasteiger partial charge in [0.1, 0.15) is 12.3 Å². The van der Waals surface area contributed by atoms with Crippen LogP contribution in [-0.2, 0) is 9.59 Å². The Morgan fingerprint density at radius 1 is 1.24 bits per heavy atom. The lowest BCUT2D eigenvalue weighted by molar-refractivity contribution is -0.118. The third-order valence-corrected chi connectivity index (χ3v) is 4.28. The standard InChI is InChI=1S/C20H20F2N4O3/c1-12-6-8-15(9-7-12)26-17(27)11-23-18(25-26)19(28)24-13(2)14-4-3-5-16(10-14)29-20(21)22/h3-10,13,20H,11H2,1-2H3,(H,23,25)(H,24,28). The lowest BCUT2D eigenvalue weighted by Crippen LogP contribution is -2.56. The first-order valence-electron chi connectivity index (χ1n) is 8.90. The van der Waals surface area contributed by atoms with Gasteiger partial charge >= 0.3 is 6.61 Å². The van der Waals surface area contributed by atoms with Crippen molar-refractivity contribution in [3.63, 3.8) is 0 Å². The zero-order chi connectivity index (χ0) is 21.0. The van der Waals surface area contributed by atoms with Gasteiger partial charge in [0.05, 0.1) is 11.7 Å². The van der Waals surface area contributed by atoms with Gasteiger partial charge in [-0.15, -0.1) is 0 Å². The maximum absolute atomic E-state index is 12.6. The van der Waals surface area contributed by atoms with E-state index in [1.54, 1.807) is 31.2 Å². The number of carbonyl (C=O) groups excluding carboxylic acids is 2. The van der Waals surface area contributed by atoms with Crippen molar-refractivity contribution in [1.29, 1.82) is 0 Å². The molecule has 0 fully saturated rings. The predicted octanol–water partition coefficient (Wildman–Crippen LogP) is 2.72. The van der Waals surface area contributed by atoms with Crippen molar-refractivity contribution >= 4 is 23.3 Å². The molecule has 152 valence electrons. The number of nitrogens with zero attached hydrogens (tertiary/aromatic N) is 2. The number of hydrazine groups is 1. The smallest absolute Gasteiger partial charge is 0.387 e. The Morgan fingerprint density at radius 2 is 1.97 bits per heavy atom. The first-order valence-corrected chi connectivity index (χ1v) is 8.90. The number of hydrogen-bond donors (Lipinski definition) is 2. The number of halogens is 2. The van der Waals surface area contributed by atoms with E-state index in [1.807, 2.05) is 19.1 Å².